The molecule has 0 bridgehead atoms. The van der Waals surface area contributed by atoms with Crippen LogP contribution in [0.25, 0.3) is 0 Å². The number of carbonyl (C=O) groups is 1. The van der Waals surface area contributed by atoms with Crippen LogP contribution in [0.3, 0.4) is 0 Å². The molecule has 28 heavy (non-hydrogen) atoms. The molecule has 0 spiro atoms. The first-order valence-electron chi connectivity index (χ1n) is 9.18. The highest BCUT2D eigenvalue weighted by Crippen LogP contribution is 2.17. The fourth-order valence-corrected chi connectivity index (χ4v) is 2.84. The van der Waals surface area contributed by atoms with Crippen molar-refractivity contribution in [3.05, 3.63) is 83.2 Å². The van der Waals surface area contributed by atoms with Crippen LogP contribution in [0.15, 0.2) is 60.9 Å². The molecule has 0 radical (unpaired) electrons. The number of hydrogen-bond donors (Lipinski definition) is 2. The molecule has 3 rings (SSSR count). The summed E-state index contributed by atoms with van der Waals surface area (Å²) in [6.07, 6.45) is 3.75. The molecule has 3 aromatic rings. The first-order chi connectivity index (χ1) is 13.7. The molecular formula is C22H24N4O2. The second-order valence-electron chi connectivity index (χ2n) is 6.39. The molecule has 0 unspecified atom stereocenters. The number of hydrogen-bond acceptors (Lipinski definition) is 5. The number of benzene rings is 2. The van der Waals surface area contributed by atoms with E-state index >= 15 is 0 Å². The predicted molar refractivity (Wildman–Crippen MR) is 110 cm³/mol. The van der Waals surface area contributed by atoms with Gasteiger partial charge in [-0.1, -0.05) is 42.5 Å². The van der Waals surface area contributed by atoms with Crippen LogP contribution < -0.4 is 15.4 Å². The van der Waals surface area contributed by atoms with Gasteiger partial charge >= 0.3 is 0 Å². The number of nitrogens with zero attached hydrogens (tertiary/aromatic N) is 2. The molecule has 1 amide bonds. The van der Waals surface area contributed by atoms with E-state index in [0.29, 0.717) is 31.0 Å². The van der Waals surface area contributed by atoms with Gasteiger partial charge in [-0.25, -0.2) is 9.97 Å². The van der Waals surface area contributed by atoms with Crippen LogP contribution in [0.1, 0.15) is 27.0 Å². The van der Waals surface area contributed by atoms with E-state index < -0.39 is 0 Å². The van der Waals surface area contributed by atoms with Gasteiger partial charge in [0.2, 0.25) is 5.95 Å². The largest absolute Gasteiger partial charge is 0.496 e. The number of ether oxygens (including phenoxy) is 1. The summed E-state index contributed by atoms with van der Waals surface area (Å²) in [4.78, 5) is 20.8. The lowest BCUT2D eigenvalue weighted by Crippen LogP contribution is -2.26. The zero-order valence-electron chi connectivity index (χ0n) is 16.1. The number of amides is 1. The highest BCUT2D eigenvalue weighted by atomic mass is 16.5. The van der Waals surface area contributed by atoms with E-state index in [4.69, 9.17) is 4.74 Å². The molecule has 0 aliphatic carbocycles. The molecule has 6 nitrogen and oxygen atoms in total. The minimum Gasteiger partial charge on any atom is -0.496 e. The fraction of sp³-hybridized carbons (Fsp3) is 0.227. The topological polar surface area (TPSA) is 76.1 Å². The van der Waals surface area contributed by atoms with Gasteiger partial charge in [0, 0.05) is 25.5 Å². The van der Waals surface area contributed by atoms with Crippen LogP contribution >= 0.6 is 0 Å². The Hall–Kier alpha value is -3.41. The van der Waals surface area contributed by atoms with Crippen molar-refractivity contribution in [3.63, 3.8) is 0 Å². The number of aromatic nitrogens is 2. The third-order valence-electron chi connectivity index (χ3n) is 4.48. The minimum atomic E-state index is -0.194. The summed E-state index contributed by atoms with van der Waals surface area (Å²) in [5, 5.41) is 6.07. The van der Waals surface area contributed by atoms with Crippen molar-refractivity contribution >= 4 is 11.9 Å². The number of rotatable bonds is 8. The summed E-state index contributed by atoms with van der Waals surface area (Å²) < 4.78 is 5.32. The van der Waals surface area contributed by atoms with Gasteiger partial charge in [0.05, 0.1) is 12.7 Å². The smallest absolute Gasteiger partial charge is 0.254 e. The Balaban J connectivity index is 1.50. The van der Waals surface area contributed by atoms with Crippen molar-refractivity contribution in [1.82, 2.24) is 15.3 Å². The van der Waals surface area contributed by atoms with Gasteiger partial charge in [-0.2, -0.15) is 0 Å². The van der Waals surface area contributed by atoms with Gasteiger partial charge in [0.1, 0.15) is 5.75 Å². The molecule has 0 fully saturated rings. The van der Waals surface area contributed by atoms with Crippen LogP contribution in [0.4, 0.5) is 5.95 Å². The lowest BCUT2D eigenvalue weighted by molar-refractivity contribution is 0.0953. The Kier molecular flexibility index (Phi) is 6.57. The van der Waals surface area contributed by atoms with E-state index in [1.807, 2.05) is 36.4 Å². The lowest BCUT2D eigenvalue weighted by atomic mass is 10.1. The van der Waals surface area contributed by atoms with Crippen molar-refractivity contribution in [2.24, 2.45) is 0 Å². The molecule has 0 aliphatic rings. The first kappa shape index (κ1) is 19.4. The standard InChI is InChI=1S/C22H24N4O2/c1-16-7-3-4-9-18(16)13-24-22-25-14-19(15-26-22)21(27)23-12-11-17-8-5-6-10-20(17)28-2/h3-10,14-15H,11-13H2,1-2H3,(H,23,27)(H,24,25,26). The lowest BCUT2D eigenvalue weighted by Gasteiger charge is -2.10. The summed E-state index contributed by atoms with van der Waals surface area (Å²) in [6.45, 7) is 3.21. The maximum absolute atomic E-state index is 12.3. The van der Waals surface area contributed by atoms with E-state index in [2.05, 4.69) is 39.7 Å². The third kappa shape index (κ3) is 5.07. The van der Waals surface area contributed by atoms with Crippen molar-refractivity contribution in [2.75, 3.05) is 19.0 Å². The fourth-order valence-electron chi connectivity index (χ4n) is 2.84. The molecular weight excluding hydrogens is 352 g/mol. The molecule has 6 heteroatoms. The van der Waals surface area contributed by atoms with Crippen LogP contribution in [0.5, 0.6) is 5.75 Å². The van der Waals surface area contributed by atoms with Gasteiger partial charge in [-0.15, -0.1) is 0 Å². The van der Waals surface area contributed by atoms with Crippen LogP contribution in [-0.4, -0.2) is 29.5 Å². The average Bonchev–Trinajstić information content (AvgIpc) is 2.74. The van der Waals surface area contributed by atoms with E-state index in [-0.39, 0.29) is 5.91 Å². The van der Waals surface area contributed by atoms with E-state index in [1.54, 1.807) is 7.11 Å². The quantitative estimate of drug-likeness (QED) is 0.630. The van der Waals surface area contributed by atoms with E-state index in [0.717, 1.165) is 11.3 Å². The van der Waals surface area contributed by atoms with Gasteiger partial charge in [0.25, 0.3) is 5.91 Å². The molecule has 0 saturated carbocycles. The maximum Gasteiger partial charge on any atom is 0.254 e. The summed E-state index contributed by atoms with van der Waals surface area (Å²) in [5.41, 5.74) is 3.88. The van der Waals surface area contributed by atoms with Crippen molar-refractivity contribution in [3.8, 4) is 5.75 Å². The minimum absolute atomic E-state index is 0.194. The summed E-state index contributed by atoms with van der Waals surface area (Å²) in [7, 11) is 1.64. The number of anilines is 1. The summed E-state index contributed by atoms with van der Waals surface area (Å²) in [5.74, 6) is 1.12. The molecule has 144 valence electrons. The summed E-state index contributed by atoms with van der Waals surface area (Å²) in [6, 6.07) is 15.9. The van der Waals surface area contributed by atoms with Crippen molar-refractivity contribution in [1.29, 1.82) is 0 Å². The van der Waals surface area contributed by atoms with Crippen molar-refractivity contribution < 1.29 is 9.53 Å². The summed E-state index contributed by atoms with van der Waals surface area (Å²) >= 11 is 0. The van der Waals surface area contributed by atoms with Gasteiger partial charge in [-0.3, -0.25) is 4.79 Å². The normalized spacial score (nSPS) is 10.4. The zero-order chi connectivity index (χ0) is 19.8. The Labute approximate surface area is 165 Å². The monoisotopic (exact) mass is 376 g/mol. The molecule has 0 saturated heterocycles. The highest BCUT2D eigenvalue weighted by Gasteiger charge is 2.08. The second-order valence-corrected chi connectivity index (χ2v) is 6.39. The van der Waals surface area contributed by atoms with Crippen LogP contribution in [0.2, 0.25) is 0 Å². The average molecular weight is 376 g/mol. The Bertz CT molecular complexity index is 926. The molecule has 1 aromatic heterocycles. The number of aryl methyl sites for hydroxylation is 1. The Morgan fingerprint density at radius 2 is 1.68 bits per heavy atom. The molecule has 2 aromatic carbocycles. The molecule has 2 N–H and O–H groups in total. The van der Waals surface area contributed by atoms with Crippen LogP contribution in [-0.2, 0) is 13.0 Å². The van der Waals surface area contributed by atoms with E-state index in [1.165, 1.54) is 23.5 Å². The van der Waals surface area contributed by atoms with Crippen LogP contribution in [0, 0.1) is 6.92 Å². The zero-order valence-corrected chi connectivity index (χ0v) is 16.1. The predicted octanol–water partition coefficient (Wildman–Crippen LogP) is 3.38. The van der Waals surface area contributed by atoms with Crippen molar-refractivity contribution in [2.45, 2.75) is 19.9 Å². The van der Waals surface area contributed by atoms with Gasteiger partial charge < -0.3 is 15.4 Å². The maximum atomic E-state index is 12.3. The Morgan fingerprint density at radius 1 is 1.00 bits per heavy atom. The van der Waals surface area contributed by atoms with Gasteiger partial charge in [0.15, 0.2) is 0 Å². The van der Waals surface area contributed by atoms with E-state index in [9.17, 15) is 4.79 Å². The number of carbonyl (C=O) groups excluding carboxylic acids is 1. The third-order valence-corrected chi connectivity index (χ3v) is 4.48. The number of methoxy groups -OCH3 is 1. The van der Waals surface area contributed by atoms with Gasteiger partial charge in [-0.05, 0) is 36.1 Å². The highest BCUT2D eigenvalue weighted by molar-refractivity contribution is 5.93. The molecule has 0 aliphatic heterocycles. The Morgan fingerprint density at radius 3 is 2.39 bits per heavy atom. The molecule has 1 heterocycles. The number of nitrogens with one attached hydrogen (secondary N) is 2. The SMILES string of the molecule is COc1ccccc1CCNC(=O)c1cnc(NCc2ccccc2C)nc1. The molecule has 0 atom stereocenters. The second kappa shape index (κ2) is 9.50. The number of para-hydroxylation sites is 1. The first-order valence-corrected chi connectivity index (χ1v) is 9.18.